The summed E-state index contributed by atoms with van der Waals surface area (Å²) in [6, 6.07) is 13.5. The normalized spacial score (nSPS) is 10.5. The zero-order valence-electron chi connectivity index (χ0n) is 10.8. The van der Waals surface area contributed by atoms with Crippen molar-refractivity contribution in [2.75, 3.05) is 0 Å². The van der Waals surface area contributed by atoms with Gasteiger partial charge in [0.1, 0.15) is 10.8 Å². The summed E-state index contributed by atoms with van der Waals surface area (Å²) in [5.41, 5.74) is 7.30. The molecule has 0 aliphatic heterocycles. The number of halogens is 1. The molecule has 3 aromatic rings. The molecule has 0 unspecified atom stereocenters. The van der Waals surface area contributed by atoms with Crippen LogP contribution in [0, 0.1) is 5.82 Å². The molecule has 0 fully saturated rings. The first-order valence-corrected chi connectivity index (χ1v) is 6.51. The Morgan fingerprint density at radius 1 is 1.14 bits per heavy atom. The summed E-state index contributed by atoms with van der Waals surface area (Å²) >= 11 is 4.93. The molecular formula is C14H10FN5S. The van der Waals surface area contributed by atoms with Crippen molar-refractivity contribution in [3.63, 3.8) is 0 Å². The minimum Gasteiger partial charge on any atom is -0.389 e. The van der Waals surface area contributed by atoms with Crippen molar-refractivity contribution in [2.45, 2.75) is 0 Å². The monoisotopic (exact) mass is 299 g/mol. The fraction of sp³-hybridized carbons (Fsp3) is 0. The van der Waals surface area contributed by atoms with E-state index in [2.05, 4.69) is 15.4 Å². The summed E-state index contributed by atoms with van der Waals surface area (Å²) < 4.78 is 13.3. The summed E-state index contributed by atoms with van der Waals surface area (Å²) in [5.74, 6) is 0.0405. The van der Waals surface area contributed by atoms with E-state index < -0.39 is 5.82 Å². The average Bonchev–Trinajstić information content (AvgIpc) is 2.97. The van der Waals surface area contributed by atoms with Gasteiger partial charge in [0.05, 0.1) is 5.69 Å². The minimum absolute atomic E-state index is 0.0723. The molecule has 0 aliphatic carbocycles. The number of tetrazole rings is 1. The van der Waals surface area contributed by atoms with E-state index in [1.807, 2.05) is 30.3 Å². The van der Waals surface area contributed by atoms with Gasteiger partial charge in [0.25, 0.3) is 0 Å². The van der Waals surface area contributed by atoms with Crippen molar-refractivity contribution in [3.8, 4) is 17.1 Å². The van der Waals surface area contributed by atoms with E-state index in [-0.39, 0.29) is 4.99 Å². The van der Waals surface area contributed by atoms with Gasteiger partial charge in [0.15, 0.2) is 0 Å². The molecule has 0 spiro atoms. The molecule has 104 valence electrons. The Morgan fingerprint density at radius 2 is 1.90 bits per heavy atom. The van der Waals surface area contributed by atoms with Gasteiger partial charge in [-0.05, 0) is 23.4 Å². The third kappa shape index (κ3) is 2.63. The van der Waals surface area contributed by atoms with Crippen LogP contribution >= 0.6 is 12.2 Å². The fourth-order valence-electron chi connectivity index (χ4n) is 1.90. The van der Waals surface area contributed by atoms with Crippen molar-refractivity contribution in [1.82, 2.24) is 20.2 Å². The van der Waals surface area contributed by atoms with Crippen molar-refractivity contribution >= 4 is 17.2 Å². The van der Waals surface area contributed by atoms with Crippen LogP contribution in [-0.2, 0) is 0 Å². The lowest BCUT2D eigenvalue weighted by Crippen LogP contribution is -2.15. The van der Waals surface area contributed by atoms with Crippen molar-refractivity contribution < 1.29 is 4.39 Å². The lowest BCUT2D eigenvalue weighted by Gasteiger charge is -2.06. The lowest BCUT2D eigenvalue weighted by molar-refractivity contribution is 0.625. The first-order valence-electron chi connectivity index (χ1n) is 6.10. The Hall–Kier alpha value is -2.67. The molecule has 0 amide bonds. The second kappa shape index (κ2) is 5.37. The molecule has 0 saturated carbocycles. The predicted molar refractivity (Wildman–Crippen MR) is 80.4 cm³/mol. The van der Waals surface area contributed by atoms with E-state index in [0.29, 0.717) is 17.1 Å². The molecule has 0 saturated heterocycles. The van der Waals surface area contributed by atoms with Gasteiger partial charge in [-0.3, -0.25) is 0 Å². The standard InChI is InChI=1S/C14H10FN5S/c15-10-6-7-12(11(8-10)13(16)21)20-18-14(17-19-20)9-4-2-1-3-5-9/h1-8H,(H2,16,21). The third-order valence-corrected chi connectivity index (χ3v) is 3.11. The van der Waals surface area contributed by atoms with Crippen LogP contribution in [-0.4, -0.2) is 25.2 Å². The first-order chi connectivity index (χ1) is 10.1. The minimum atomic E-state index is -0.426. The number of nitrogens with two attached hydrogens (primary N) is 1. The average molecular weight is 299 g/mol. The highest BCUT2D eigenvalue weighted by Crippen LogP contribution is 2.17. The molecule has 0 bridgehead atoms. The molecule has 2 N–H and O–H groups in total. The summed E-state index contributed by atoms with van der Waals surface area (Å²) in [7, 11) is 0. The van der Waals surface area contributed by atoms with Gasteiger partial charge >= 0.3 is 0 Å². The van der Waals surface area contributed by atoms with Crippen LogP contribution in [0.5, 0.6) is 0 Å². The van der Waals surface area contributed by atoms with Crippen LogP contribution in [0.15, 0.2) is 48.5 Å². The Morgan fingerprint density at radius 3 is 2.62 bits per heavy atom. The molecule has 1 heterocycles. The smallest absolute Gasteiger partial charge is 0.205 e. The summed E-state index contributed by atoms with van der Waals surface area (Å²) in [6.07, 6.45) is 0. The van der Waals surface area contributed by atoms with Crippen LogP contribution in [0.1, 0.15) is 5.56 Å². The quantitative estimate of drug-likeness (QED) is 0.750. The van der Waals surface area contributed by atoms with E-state index in [9.17, 15) is 4.39 Å². The maximum Gasteiger partial charge on any atom is 0.205 e. The van der Waals surface area contributed by atoms with Crippen molar-refractivity contribution in [3.05, 3.63) is 59.9 Å². The Labute approximate surface area is 125 Å². The first kappa shape index (κ1) is 13.3. The number of benzene rings is 2. The highest BCUT2D eigenvalue weighted by Gasteiger charge is 2.13. The number of rotatable bonds is 3. The molecule has 0 atom stereocenters. The van der Waals surface area contributed by atoms with Crippen LogP contribution in [0.3, 0.4) is 0 Å². The lowest BCUT2D eigenvalue weighted by atomic mass is 10.2. The number of thiocarbonyl (C=S) groups is 1. The van der Waals surface area contributed by atoms with Gasteiger partial charge in [0, 0.05) is 11.1 Å². The summed E-state index contributed by atoms with van der Waals surface area (Å²) in [6.45, 7) is 0. The number of nitrogens with zero attached hydrogens (tertiary/aromatic N) is 4. The summed E-state index contributed by atoms with van der Waals surface area (Å²) in [5, 5.41) is 12.2. The zero-order valence-corrected chi connectivity index (χ0v) is 11.6. The van der Waals surface area contributed by atoms with E-state index in [4.69, 9.17) is 18.0 Å². The van der Waals surface area contributed by atoms with Gasteiger partial charge < -0.3 is 5.73 Å². The van der Waals surface area contributed by atoms with Crippen LogP contribution < -0.4 is 5.73 Å². The fourth-order valence-corrected chi connectivity index (χ4v) is 2.06. The van der Waals surface area contributed by atoms with E-state index in [0.717, 1.165) is 5.56 Å². The molecule has 7 heteroatoms. The molecule has 3 rings (SSSR count). The SMILES string of the molecule is NC(=S)c1cc(F)ccc1-n1nnc(-c2ccccc2)n1. The Bertz CT molecular complexity index is 800. The van der Waals surface area contributed by atoms with E-state index in [1.54, 1.807) is 0 Å². The Balaban J connectivity index is 2.07. The maximum absolute atomic E-state index is 13.3. The number of hydrogen-bond acceptors (Lipinski definition) is 4. The molecule has 0 radical (unpaired) electrons. The third-order valence-electron chi connectivity index (χ3n) is 2.89. The summed E-state index contributed by atoms with van der Waals surface area (Å²) in [4.78, 5) is 1.36. The second-order valence-electron chi connectivity index (χ2n) is 4.29. The van der Waals surface area contributed by atoms with Gasteiger partial charge in [0.2, 0.25) is 5.82 Å². The highest BCUT2D eigenvalue weighted by molar-refractivity contribution is 7.80. The molecule has 5 nitrogen and oxygen atoms in total. The van der Waals surface area contributed by atoms with Crippen molar-refractivity contribution in [2.24, 2.45) is 5.73 Å². The largest absolute Gasteiger partial charge is 0.389 e. The van der Waals surface area contributed by atoms with E-state index >= 15 is 0 Å². The topological polar surface area (TPSA) is 69.6 Å². The second-order valence-corrected chi connectivity index (χ2v) is 4.73. The zero-order chi connectivity index (χ0) is 14.8. The van der Waals surface area contributed by atoms with Crippen LogP contribution in [0.25, 0.3) is 17.1 Å². The van der Waals surface area contributed by atoms with Crippen LogP contribution in [0.2, 0.25) is 0 Å². The maximum atomic E-state index is 13.3. The molecule has 2 aromatic carbocycles. The van der Waals surface area contributed by atoms with Gasteiger partial charge in [-0.1, -0.05) is 42.5 Å². The van der Waals surface area contributed by atoms with Gasteiger partial charge in [-0.25, -0.2) is 4.39 Å². The van der Waals surface area contributed by atoms with Gasteiger partial charge in [-0.2, -0.15) is 0 Å². The predicted octanol–water partition coefficient (Wildman–Crippen LogP) is 2.10. The number of hydrogen-bond donors (Lipinski definition) is 1. The molecule has 0 aliphatic rings. The van der Waals surface area contributed by atoms with Crippen molar-refractivity contribution in [1.29, 1.82) is 0 Å². The van der Waals surface area contributed by atoms with Crippen LogP contribution in [0.4, 0.5) is 4.39 Å². The number of aromatic nitrogens is 4. The van der Waals surface area contributed by atoms with E-state index in [1.165, 1.54) is 23.0 Å². The molecular weight excluding hydrogens is 289 g/mol. The molecule has 21 heavy (non-hydrogen) atoms. The Kier molecular flexibility index (Phi) is 3.41. The highest BCUT2D eigenvalue weighted by atomic mass is 32.1. The van der Waals surface area contributed by atoms with Gasteiger partial charge in [-0.15, -0.1) is 15.0 Å². The molecule has 1 aromatic heterocycles.